The third-order valence-corrected chi connectivity index (χ3v) is 7.41. The Morgan fingerprint density at radius 2 is 1.93 bits per heavy atom. The number of benzene rings is 1. The van der Waals surface area contributed by atoms with Crippen LogP contribution in [0.2, 0.25) is 0 Å². The van der Waals surface area contributed by atoms with Gasteiger partial charge in [0, 0.05) is 32.6 Å². The van der Waals surface area contributed by atoms with E-state index in [-0.39, 0.29) is 29.7 Å². The molecule has 8 nitrogen and oxygen atoms in total. The van der Waals surface area contributed by atoms with Crippen molar-refractivity contribution in [2.45, 2.75) is 31.6 Å². The highest BCUT2D eigenvalue weighted by Crippen LogP contribution is 2.27. The summed E-state index contributed by atoms with van der Waals surface area (Å²) in [4.78, 5) is 14.5. The van der Waals surface area contributed by atoms with Crippen LogP contribution >= 0.6 is 0 Å². The summed E-state index contributed by atoms with van der Waals surface area (Å²) < 4.78 is 37.6. The second kappa shape index (κ2) is 7.21. The summed E-state index contributed by atoms with van der Waals surface area (Å²) in [5, 5.41) is 3.74. The van der Waals surface area contributed by atoms with Crippen LogP contribution in [0.4, 0.5) is 0 Å². The Labute approximate surface area is 164 Å². The van der Waals surface area contributed by atoms with Gasteiger partial charge in [-0.05, 0) is 31.0 Å². The number of fused-ring (bicyclic) bond motifs is 1. The predicted octanol–water partition coefficient (Wildman–Crippen LogP) is 1.30. The van der Waals surface area contributed by atoms with Crippen LogP contribution in [0.15, 0.2) is 27.6 Å². The Balaban J connectivity index is 1.39. The van der Waals surface area contributed by atoms with Gasteiger partial charge in [0.25, 0.3) is 0 Å². The number of carbonyl (C=O) groups excluding carboxylic acids is 1. The van der Waals surface area contributed by atoms with Crippen LogP contribution in [-0.2, 0) is 27.7 Å². The summed E-state index contributed by atoms with van der Waals surface area (Å²) in [6.07, 6.45) is 1.18. The van der Waals surface area contributed by atoms with Gasteiger partial charge in [0.15, 0.2) is 5.76 Å². The van der Waals surface area contributed by atoms with Gasteiger partial charge in [-0.3, -0.25) is 4.79 Å². The number of hydrogen-bond donors (Lipinski definition) is 0. The largest absolute Gasteiger partial charge is 0.493 e. The lowest BCUT2D eigenvalue weighted by atomic mass is 10.1. The van der Waals surface area contributed by atoms with Crippen molar-refractivity contribution in [3.05, 3.63) is 40.8 Å². The smallest absolute Gasteiger partial charge is 0.248 e. The quantitative estimate of drug-likeness (QED) is 0.761. The van der Waals surface area contributed by atoms with Crippen molar-refractivity contribution >= 4 is 15.9 Å². The van der Waals surface area contributed by atoms with Gasteiger partial charge in [0.2, 0.25) is 15.9 Å². The first kappa shape index (κ1) is 18.9. The molecule has 4 rings (SSSR count). The average molecular weight is 405 g/mol. The van der Waals surface area contributed by atoms with Crippen molar-refractivity contribution in [2.75, 3.05) is 32.8 Å². The molecule has 3 heterocycles. The number of aromatic nitrogens is 1. The molecule has 0 saturated carbocycles. The number of nitrogens with zero attached hydrogens (tertiary/aromatic N) is 3. The Morgan fingerprint density at radius 1 is 1.18 bits per heavy atom. The fraction of sp³-hybridized carbons (Fsp3) is 0.474. The Bertz CT molecular complexity index is 987. The first-order chi connectivity index (χ1) is 13.4. The Kier molecular flexibility index (Phi) is 4.88. The van der Waals surface area contributed by atoms with E-state index in [1.54, 1.807) is 18.7 Å². The van der Waals surface area contributed by atoms with E-state index >= 15 is 0 Å². The van der Waals surface area contributed by atoms with Crippen molar-refractivity contribution < 1.29 is 22.5 Å². The van der Waals surface area contributed by atoms with E-state index in [2.05, 4.69) is 5.16 Å². The van der Waals surface area contributed by atoms with Crippen molar-refractivity contribution in [2.24, 2.45) is 0 Å². The first-order valence-corrected chi connectivity index (χ1v) is 10.8. The maximum atomic E-state index is 12.9. The number of amides is 1. The average Bonchev–Trinajstić information content (AvgIpc) is 3.27. The van der Waals surface area contributed by atoms with Gasteiger partial charge in [0.05, 0.1) is 13.0 Å². The minimum Gasteiger partial charge on any atom is -0.493 e. The van der Waals surface area contributed by atoms with Crippen LogP contribution in [0, 0.1) is 13.8 Å². The van der Waals surface area contributed by atoms with Gasteiger partial charge in [-0.1, -0.05) is 17.3 Å². The molecule has 0 unspecified atom stereocenters. The van der Waals surface area contributed by atoms with Crippen LogP contribution in [0.25, 0.3) is 0 Å². The van der Waals surface area contributed by atoms with Crippen molar-refractivity contribution in [3.8, 4) is 5.75 Å². The molecule has 1 saturated heterocycles. The highest BCUT2D eigenvalue weighted by Gasteiger charge is 2.34. The second-order valence-corrected chi connectivity index (χ2v) is 9.03. The predicted molar refractivity (Wildman–Crippen MR) is 101 cm³/mol. The van der Waals surface area contributed by atoms with E-state index in [4.69, 9.17) is 9.26 Å². The summed E-state index contributed by atoms with van der Waals surface area (Å²) in [5.41, 5.74) is 2.46. The molecule has 2 aliphatic rings. The van der Waals surface area contributed by atoms with Crippen LogP contribution < -0.4 is 4.74 Å². The molecule has 2 aliphatic heterocycles. The number of ether oxygens (including phenoxy) is 1. The van der Waals surface area contributed by atoms with Crippen molar-refractivity contribution in [3.63, 3.8) is 0 Å². The lowest BCUT2D eigenvalue weighted by Gasteiger charge is -2.34. The second-order valence-electron chi connectivity index (χ2n) is 7.16. The van der Waals surface area contributed by atoms with Gasteiger partial charge in [-0.25, -0.2) is 8.42 Å². The summed E-state index contributed by atoms with van der Waals surface area (Å²) in [7, 11) is -3.67. The molecule has 0 aliphatic carbocycles. The van der Waals surface area contributed by atoms with E-state index in [9.17, 15) is 13.2 Å². The molecule has 28 heavy (non-hydrogen) atoms. The molecule has 0 bridgehead atoms. The zero-order valence-electron chi connectivity index (χ0n) is 16.0. The minimum absolute atomic E-state index is 0.00764. The van der Waals surface area contributed by atoms with Crippen LogP contribution in [0.1, 0.15) is 22.6 Å². The van der Waals surface area contributed by atoms with Gasteiger partial charge in [0.1, 0.15) is 16.3 Å². The molecule has 1 amide bonds. The third-order valence-electron chi connectivity index (χ3n) is 5.27. The number of piperazine rings is 1. The molecule has 0 spiro atoms. The molecule has 2 aromatic rings. The third kappa shape index (κ3) is 3.40. The molecule has 1 aromatic carbocycles. The van der Waals surface area contributed by atoms with Crippen molar-refractivity contribution in [1.82, 2.24) is 14.4 Å². The first-order valence-electron chi connectivity index (χ1n) is 9.31. The molecule has 9 heteroatoms. The van der Waals surface area contributed by atoms with E-state index in [0.717, 1.165) is 23.3 Å². The number of carbonyl (C=O) groups is 1. The van der Waals surface area contributed by atoms with Crippen LogP contribution in [0.5, 0.6) is 5.75 Å². The normalized spacial score (nSPS) is 17.4. The topological polar surface area (TPSA) is 93.0 Å². The van der Waals surface area contributed by atoms with Crippen LogP contribution in [0.3, 0.4) is 0 Å². The molecular formula is C19H23N3O5S. The minimum atomic E-state index is -3.67. The molecule has 150 valence electrons. The lowest BCUT2D eigenvalue weighted by molar-refractivity contribution is -0.131. The summed E-state index contributed by atoms with van der Waals surface area (Å²) >= 11 is 0. The van der Waals surface area contributed by atoms with Crippen molar-refractivity contribution in [1.29, 1.82) is 0 Å². The zero-order chi connectivity index (χ0) is 19.9. The van der Waals surface area contributed by atoms with E-state index < -0.39 is 10.0 Å². The lowest BCUT2D eigenvalue weighted by Crippen LogP contribution is -2.51. The standard InChI is InChI=1S/C19H23N3O5S/c1-13-19(14(2)27-20-13)28(24,25)22-8-6-21(7-9-22)18(23)12-15-3-4-17-16(11-15)5-10-26-17/h3-4,11H,5-10,12H2,1-2H3. The molecule has 1 fully saturated rings. The monoisotopic (exact) mass is 405 g/mol. The number of rotatable bonds is 4. The molecular weight excluding hydrogens is 382 g/mol. The van der Waals surface area contributed by atoms with Gasteiger partial charge < -0.3 is 14.2 Å². The molecule has 0 atom stereocenters. The summed E-state index contributed by atoms with van der Waals surface area (Å²) in [6, 6.07) is 5.86. The van der Waals surface area contributed by atoms with Crippen LogP contribution in [-0.4, -0.2) is 61.5 Å². The molecule has 0 radical (unpaired) electrons. The highest BCUT2D eigenvalue weighted by molar-refractivity contribution is 7.89. The maximum Gasteiger partial charge on any atom is 0.248 e. The number of aryl methyl sites for hydroxylation is 2. The number of sulfonamides is 1. The SMILES string of the molecule is Cc1noc(C)c1S(=O)(=O)N1CCN(C(=O)Cc2ccc3c(c2)CCO3)CC1. The van der Waals surface area contributed by atoms with Gasteiger partial charge in [-0.2, -0.15) is 4.31 Å². The van der Waals surface area contributed by atoms with E-state index in [0.29, 0.717) is 31.8 Å². The molecule has 1 aromatic heterocycles. The van der Waals surface area contributed by atoms with Gasteiger partial charge in [-0.15, -0.1) is 0 Å². The zero-order valence-corrected chi connectivity index (χ0v) is 16.8. The van der Waals surface area contributed by atoms with Gasteiger partial charge >= 0.3 is 0 Å². The summed E-state index contributed by atoms with van der Waals surface area (Å²) in [6.45, 7) is 5.16. The fourth-order valence-electron chi connectivity index (χ4n) is 3.79. The number of hydrogen-bond acceptors (Lipinski definition) is 6. The van der Waals surface area contributed by atoms with E-state index in [1.807, 2.05) is 18.2 Å². The maximum absolute atomic E-state index is 12.9. The highest BCUT2D eigenvalue weighted by atomic mass is 32.2. The Hall–Kier alpha value is -2.39. The Morgan fingerprint density at radius 3 is 2.61 bits per heavy atom. The fourth-order valence-corrected chi connectivity index (χ4v) is 5.50. The summed E-state index contributed by atoms with van der Waals surface area (Å²) in [5.74, 6) is 1.19. The van der Waals surface area contributed by atoms with E-state index in [1.165, 1.54) is 4.31 Å². The molecule has 0 N–H and O–H groups in total.